The predicted octanol–water partition coefficient (Wildman–Crippen LogP) is 6.10. The number of carbonyl (C=O) groups is 1. The second-order valence-corrected chi connectivity index (χ2v) is 7.07. The molecule has 0 saturated carbocycles. The quantitative estimate of drug-likeness (QED) is 0.582. The molecule has 0 spiro atoms. The lowest BCUT2D eigenvalue weighted by molar-refractivity contribution is -0.133. The van der Waals surface area contributed by atoms with Crippen molar-refractivity contribution in [3.63, 3.8) is 0 Å². The maximum atomic E-state index is 12.3. The molecule has 0 aromatic carbocycles. The van der Waals surface area contributed by atoms with E-state index in [1.54, 1.807) is 7.11 Å². The number of allylic oxidation sites excluding steroid dienone is 6. The van der Waals surface area contributed by atoms with Gasteiger partial charge in [0.25, 0.3) is 0 Å². The van der Waals surface area contributed by atoms with Crippen molar-refractivity contribution < 1.29 is 9.53 Å². The number of hydrogen-bond acceptors (Lipinski definition) is 2. The predicted molar refractivity (Wildman–Crippen MR) is 103 cm³/mol. The lowest BCUT2D eigenvalue weighted by Gasteiger charge is -2.37. The maximum absolute atomic E-state index is 12.3. The second-order valence-electron chi connectivity index (χ2n) is 7.07. The normalized spacial score (nSPS) is 23.7. The lowest BCUT2D eigenvalue weighted by Crippen LogP contribution is -2.44. The van der Waals surface area contributed by atoms with Gasteiger partial charge < -0.3 is 4.74 Å². The number of carbonyl (C=O) groups excluding carboxylic acids is 1. The van der Waals surface area contributed by atoms with E-state index in [0.717, 1.165) is 30.4 Å². The summed E-state index contributed by atoms with van der Waals surface area (Å²) in [6, 6.07) is 0. The third-order valence-electron chi connectivity index (χ3n) is 5.10. The minimum absolute atomic E-state index is 0.183. The van der Waals surface area contributed by atoms with E-state index in [2.05, 4.69) is 39.0 Å². The minimum Gasteiger partial charge on any atom is -0.362 e. The van der Waals surface area contributed by atoms with Crippen LogP contribution < -0.4 is 0 Å². The summed E-state index contributed by atoms with van der Waals surface area (Å²) in [6.45, 7) is 12.5. The molecule has 1 unspecified atom stereocenters. The lowest BCUT2D eigenvalue weighted by atomic mass is 9.75. The van der Waals surface area contributed by atoms with Gasteiger partial charge in [-0.3, -0.25) is 4.79 Å². The Balaban J connectivity index is 0.000000300. The Bertz CT molecular complexity index is 571. The first-order valence-corrected chi connectivity index (χ1v) is 9.03. The monoisotopic (exact) mass is 330 g/mol. The van der Waals surface area contributed by atoms with Crippen molar-refractivity contribution in [2.75, 3.05) is 7.11 Å². The van der Waals surface area contributed by atoms with Crippen LogP contribution in [0.5, 0.6) is 0 Å². The van der Waals surface area contributed by atoms with Crippen LogP contribution in [-0.4, -0.2) is 18.5 Å². The zero-order valence-corrected chi connectivity index (χ0v) is 16.6. The fourth-order valence-corrected chi connectivity index (χ4v) is 3.50. The summed E-state index contributed by atoms with van der Waals surface area (Å²) in [5.41, 5.74) is 5.62. The van der Waals surface area contributed by atoms with E-state index in [1.807, 2.05) is 20.8 Å². The van der Waals surface area contributed by atoms with E-state index in [-0.39, 0.29) is 5.78 Å². The van der Waals surface area contributed by atoms with Crippen LogP contribution in [0.3, 0.4) is 0 Å². The fourth-order valence-electron chi connectivity index (χ4n) is 3.50. The van der Waals surface area contributed by atoms with Crippen LogP contribution in [0.2, 0.25) is 0 Å². The molecular weight excluding hydrogens is 296 g/mol. The average Bonchev–Trinajstić information content (AvgIpc) is 2.53. The van der Waals surface area contributed by atoms with Crippen LogP contribution in [0.1, 0.15) is 73.6 Å². The van der Waals surface area contributed by atoms with Gasteiger partial charge in [0.05, 0.1) is 0 Å². The summed E-state index contributed by atoms with van der Waals surface area (Å²) in [7, 11) is 1.63. The number of Topliss-reactive ketones (excluding diaryl/α,β-unsaturated/α-hetero) is 1. The molecular formula is C22H34O2. The molecule has 134 valence electrons. The average molecular weight is 331 g/mol. The molecule has 0 amide bonds. The maximum Gasteiger partial charge on any atom is 0.173 e. The van der Waals surface area contributed by atoms with E-state index < -0.39 is 5.60 Å². The van der Waals surface area contributed by atoms with E-state index in [1.165, 1.54) is 23.1 Å². The molecule has 0 radical (unpaired) electrons. The summed E-state index contributed by atoms with van der Waals surface area (Å²) in [4.78, 5) is 12.3. The first-order chi connectivity index (χ1) is 11.3. The molecule has 0 fully saturated rings. The van der Waals surface area contributed by atoms with Crippen molar-refractivity contribution in [1.29, 1.82) is 0 Å². The van der Waals surface area contributed by atoms with E-state index >= 15 is 0 Å². The first-order valence-electron chi connectivity index (χ1n) is 9.03. The highest BCUT2D eigenvalue weighted by Gasteiger charge is 2.43. The molecule has 2 heteroatoms. The van der Waals surface area contributed by atoms with E-state index in [0.29, 0.717) is 6.42 Å². The number of rotatable bonds is 4. The highest BCUT2D eigenvalue weighted by molar-refractivity contribution is 5.94. The van der Waals surface area contributed by atoms with Crippen molar-refractivity contribution in [2.24, 2.45) is 0 Å². The SMILES string of the molecule is CC1=CCC=C(C)C1.CCCC(=O)C1(OC)C(C)=CCC(C)=C1C. The van der Waals surface area contributed by atoms with Gasteiger partial charge in [-0.15, -0.1) is 0 Å². The summed E-state index contributed by atoms with van der Waals surface area (Å²) in [6.07, 6.45) is 11.4. The van der Waals surface area contributed by atoms with Crippen LogP contribution >= 0.6 is 0 Å². The molecule has 0 bridgehead atoms. The molecule has 1 atom stereocenters. The topological polar surface area (TPSA) is 26.3 Å². The molecule has 2 aliphatic rings. The summed E-state index contributed by atoms with van der Waals surface area (Å²) in [5.74, 6) is 0.183. The molecule has 0 saturated heterocycles. The second kappa shape index (κ2) is 9.17. The smallest absolute Gasteiger partial charge is 0.173 e. The largest absolute Gasteiger partial charge is 0.362 e. The van der Waals surface area contributed by atoms with Gasteiger partial charge in [0.1, 0.15) is 0 Å². The Morgan fingerprint density at radius 3 is 2.08 bits per heavy atom. The Kier molecular flexibility index (Phi) is 7.89. The highest BCUT2D eigenvalue weighted by Crippen LogP contribution is 2.38. The Morgan fingerprint density at radius 2 is 1.67 bits per heavy atom. The molecule has 24 heavy (non-hydrogen) atoms. The van der Waals surface area contributed by atoms with Gasteiger partial charge in [-0.25, -0.2) is 0 Å². The minimum atomic E-state index is -0.779. The zero-order chi connectivity index (χ0) is 18.3. The van der Waals surface area contributed by atoms with Gasteiger partial charge >= 0.3 is 0 Å². The third kappa shape index (κ3) is 4.57. The Labute approximate surface area is 148 Å². The molecule has 2 aliphatic carbocycles. The van der Waals surface area contributed by atoms with Crippen molar-refractivity contribution >= 4 is 5.78 Å². The van der Waals surface area contributed by atoms with Crippen molar-refractivity contribution in [3.8, 4) is 0 Å². The summed E-state index contributed by atoms with van der Waals surface area (Å²) < 4.78 is 5.61. The first kappa shape index (κ1) is 20.6. The Hall–Kier alpha value is -1.41. The van der Waals surface area contributed by atoms with Crippen LogP contribution in [-0.2, 0) is 9.53 Å². The standard InChI is InChI=1S/C14H22O2.C8H12/c1-6-7-13(15)14(16-5)11(3)9-8-10(2)12(14)4;1-7-4-3-5-8(2)6-7/h9H,6-8H2,1-5H3;4-5H,3,6H2,1-2H3. The molecule has 0 N–H and O–H groups in total. The molecule has 2 rings (SSSR count). The van der Waals surface area contributed by atoms with Gasteiger partial charge in [0, 0.05) is 13.5 Å². The number of hydrogen-bond donors (Lipinski definition) is 0. The molecule has 2 nitrogen and oxygen atoms in total. The molecule has 0 aliphatic heterocycles. The molecule has 0 aromatic heterocycles. The summed E-state index contributed by atoms with van der Waals surface area (Å²) >= 11 is 0. The number of methoxy groups -OCH3 is 1. The van der Waals surface area contributed by atoms with E-state index in [4.69, 9.17) is 4.74 Å². The van der Waals surface area contributed by atoms with Gasteiger partial charge in [0.15, 0.2) is 11.4 Å². The highest BCUT2D eigenvalue weighted by atomic mass is 16.5. The number of ether oxygens (including phenoxy) is 1. The van der Waals surface area contributed by atoms with Crippen molar-refractivity contribution in [1.82, 2.24) is 0 Å². The fraction of sp³-hybridized carbons (Fsp3) is 0.591. The van der Waals surface area contributed by atoms with Crippen LogP contribution in [0.25, 0.3) is 0 Å². The summed E-state index contributed by atoms with van der Waals surface area (Å²) in [5, 5.41) is 0. The van der Waals surface area contributed by atoms with Crippen LogP contribution in [0, 0.1) is 0 Å². The van der Waals surface area contributed by atoms with Gasteiger partial charge in [-0.1, -0.05) is 41.9 Å². The molecule has 0 heterocycles. The van der Waals surface area contributed by atoms with Crippen LogP contribution in [0.15, 0.2) is 46.1 Å². The van der Waals surface area contributed by atoms with Crippen molar-refractivity contribution in [2.45, 2.75) is 79.2 Å². The zero-order valence-electron chi connectivity index (χ0n) is 16.6. The van der Waals surface area contributed by atoms with Gasteiger partial charge in [-0.05, 0) is 71.4 Å². The van der Waals surface area contributed by atoms with Gasteiger partial charge in [-0.2, -0.15) is 0 Å². The Morgan fingerprint density at radius 1 is 1.08 bits per heavy atom. The number of ketones is 1. The third-order valence-corrected chi connectivity index (χ3v) is 5.10. The van der Waals surface area contributed by atoms with Crippen molar-refractivity contribution in [3.05, 3.63) is 46.1 Å². The van der Waals surface area contributed by atoms with Gasteiger partial charge in [0.2, 0.25) is 0 Å². The molecule has 0 aromatic rings. The van der Waals surface area contributed by atoms with Crippen LogP contribution in [0.4, 0.5) is 0 Å². The van der Waals surface area contributed by atoms with E-state index in [9.17, 15) is 4.79 Å².